The first-order valence-corrected chi connectivity index (χ1v) is 8.73. The first-order valence-electron chi connectivity index (χ1n) is 8.73. The minimum atomic E-state index is 0.555. The summed E-state index contributed by atoms with van der Waals surface area (Å²) < 4.78 is 0. The van der Waals surface area contributed by atoms with Crippen LogP contribution in [0.1, 0.15) is 58.1 Å². The van der Waals surface area contributed by atoms with Crippen molar-refractivity contribution in [3.05, 3.63) is 35.9 Å². The molecule has 2 heteroatoms. The summed E-state index contributed by atoms with van der Waals surface area (Å²) in [6.07, 6.45) is 5.30. The van der Waals surface area contributed by atoms with E-state index in [0.29, 0.717) is 12.1 Å². The van der Waals surface area contributed by atoms with Crippen molar-refractivity contribution in [3.8, 4) is 0 Å². The average Bonchev–Trinajstić information content (AvgIpc) is 2.52. The van der Waals surface area contributed by atoms with E-state index in [1.165, 1.54) is 44.3 Å². The van der Waals surface area contributed by atoms with Gasteiger partial charge in [0.15, 0.2) is 0 Å². The lowest BCUT2D eigenvalue weighted by atomic mass is 9.94. The van der Waals surface area contributed by atoms with Gasteiger partial charge in [-0.05, 0) is 43.8 Å². The van der Waals surface area contributed by atoms with Crippen molar-refractivity contribution in [2.75, 3.05) is 19.6 Å². The summed E-state index contributed by atoms with van der Waals surface area (Å²) in [4.78, 5) is 2.68. The zero-order valence-corrected chi connectivity index (χ0v) is 14.0. The van der Waals surface area contributed by atoms with Crippen LogP contribution in [0.3, 0.4) is 0 Å². The molecule has 1 saturated heterocycles. The second kappa shape index (κ2) is 8.55. The van der Waals surface area contributed by atoms with Crippen LogP contribution in [0.4, 0.5) is 0 Å². The van der Waals surface area contributed by atoms with Crippen LogP contribution in [0.2, 0.25) is 0 Å². The van der Waals surface area contributed by atoms with E-state index in [0.717, 1.165) is 12.5 Å². The maximum Gasteiger partial charge on any atom is 0.0351 e. The topological polar surface area (TPSA) is 15.3 Å². The number of benzene rings is 1. The number of hydrogen-bond acceptors (Lipinski definition) is 2. The van der Waals surface area contributed by atoms with Crippen LogP contribution < -0.4 is 5.32 Å². The molecule has 0 amide bonds. The molecule has 1 aliphatic heterocycles. The predicted octanol–water partition coefficient (Wildman–Crippen LogP) is 4.24. The summed E-state index contributed by atoms with van der Waals surface area (Å²) in [5, 5.41) is 3.70. The third kappa shape index (κ3) is 5.12. The monoisotopic (exact) mass is 288 g/mol. The van der Waals surface area contributed by atoms with Gasteiger partial charge in [0.1, 0.15) is 0 Å². The van der Waals surface area contributed by atoms with Gasteiger partial charge >= 0.3 is 0 Å². The molecule has 0 spiro atoms. The summed E-state index contributed by atoms with van der Waals surface area (Å²) in [5.41, 5.74) is 1.48. The highest BCUT2D eigenvalue weighted by molar-refractivity contribution is 5.19. The Balaban J connectivity index is 2.08. The largest absolute Gasteiger partial charge is 0.313 e. The third-order valence-corrected chi connectivity index (χ3v) is 4.59. The van der Waals surface area contributed by atoms with E-state index in [4.69, 9.17) is 0 Å². The van der Waals surface area contributed by atoms with Gasteiger partial charge in [-0.2, -0.15) is 0 Å². The van der Waals surface area contributed by atoms with Crippen LogP contribution in [0.25, 0.3) is 0 Å². The molecule has 1 heterocycles. The lowest BCUT2D eigenvalue weighted by Crippen LogP contribution is -2.45. The van der Waals surface area contributed by atoms with Gasteiger partial charge < -0.3 is 5.32 Å². The Kier molecular flexibility index (Phi) is 6.72. The second-order valence-electron chi connectivity index (χ2n) is 6.79. The third-order valence-electron chi connectivity index (χ3n) is 4.59. The molecular formula is C19H32N2. The number of likely N-dealkylation sites (N-methyl/N-ethyl adjacent to an activating group) is 1. The lowest BCUT2D eigenvalue weighted by molar-refractivity contribution is 0.155. The van der Waals surface area contributed by atoms with Gasteiger partial charge in [0, 0.05) is 18.6 Å². The molecule has 2 nitrogen and oxygen atoms in total. The Labute approximate surface area is 130 Å². The molecule has 0 radical (unpaired) electrons. The number of hydrogen-bond donors (Lipinski definition) is 1. The van der Waals surface area contributed by atoms with E-state index in [-0.39, 0.29) is 0 Å². The molecule has 21 heavy (non-hydrogen) atoms. The van der Waals surface area contributed by atoms with Crippen molar-refractivity contribution in [2.24, 2.45) is 5.92 Å². The first kappa shape index (κ1) is 16.5. The summed E-state index contributed by atoms with van der Waals surface area (Å²) in [6, 6.07) is 12.3. The molecule has 0 bridgehead atoms. The van der Waals surface area contributed by atoms with E-state index in [1.54, 1.807) is 0 Å². The number of piperidine rings is 1. The van der Waals surface area contributed by atoms with E-state index in [9.17, 15) is 0 Å². The Hall–Kier alpha value is -0.860. The first-order chi connectivity index (χ1) is 10.2. The molecule has 1 aliphatic rings. The normalized spacial score (nSPS) is 20.9. The van der Waals surface area contributed by atoms with Gasteiger partial charge in [-0.1, -0.05) is 57.5 Å². The molecule has 0 saturated carbocycles. The van der Waals surface area contributed by atoms with Crippen LogP contribution in [0, 0.1) is 5.92 Å². The fourth-order valence-electron chi connectivity index (χ4n) is 3.46. The molecule has 1 fully saturated rings. The van der Waals surface area contributed by atoms with Crippen molar-refractivity contribution in [2.45, 2.75) is 58.5 Å². The van der Waals surface area contributed by atoms with Crippen LogP contribution in [-0.4, -0.2) is 30.6 Å². The quantitative estimate of drug-likeness (QED) is 0.807. The number of rotatable bonds is 7. The van der Waals surface area contributed by atoms with Crippen molar-refractivity contribution < 1.29 is 0 Å². The standard InChI is InChI=1S/C19H32N2/c1-4-21(15-18-12-8-9-13-20-18)19(14-16(2)3)17-10-6-5-7-11-17/h5-7,10-11,16,18-20H,4,8-9,12-15H2,1-3H3. The maximum absolute atomic E-state index is 3.70. The fourth-order valence-corrected chi connectivity index (χ4v) is 3.46. The highest BCUT2D eigenvalue weighted by atomic mass is 15.2. The van der Waals surface area contributed by atoms with E-state index in [1.807, 2.05) is 0 Å². The molecule has 2 unspecified atom stereocenters. The van der Waals surface area contributed by atoms with Gasteiger partial charge in [-0.15, -0.1) is 0 Å². The van der Waals surface area contributed by atoms with E-state index >= 15 is 0 Å². The molecular weight excluding hydrogens is 256 g/mol. The lowest BCUT2D eigenvalue weighted by Gasteiger charge is -2.36. The Bertz CT molecular complexity index is 382. The Morgan fingerprint density at radius 1 is 1.19 bits per heavy atom. The average molecular weight is 288 g/mol. The van der Waals surface area contributed by atoms with Crippen LogP contribution in [0.5, 0.6) is 0 Å². The van der Waals surface area contributed by atoms with Gasteiger partial charge in [-0.25, -0.2) is 0 Å². The molecule has 2 atom stereocenters. The molecule has 1 aromatic rings. The minimum absolute atomic E-state index is 0.555. The summed E-state index contributed by atoms with van der Waals surface area (Å²) in [6.45, 7) is 10.5. The molecule has 0 aliphatic carbocycles. The molecule has 1 aromatic carbocycles. The van der Waals surface area contributed by atoms with Gasteiger partial charge in [0.25, 0.3) is 0 Å². The SMILES string of the molecule is CCN(CC1CCCCN1)C(CC(C)C)c1ccccc1. The van der Waals surface area contributed by atoms with Gasteiger partial charge in [0.05, 0.1) is 0 Å². The molecule has 118 valence electrons. The summed E-state index contributed by atoms with van der Waals surface area (Å²) in [7, 11) is 0. The van der Waals surface area contributed by atoms with Crippen molar-refractivity contribution >= 4 is 0 Å². The highest BCUT2D eigenvalue weighted by Crippen LogP contribution is 2.28. The number of nitrogens with zero attached hydrogens (tertiary/aromatic N) is 1. The summed E-state index contributed by atoms with van der Waals surface area (Å²) >= 11 is 0. The Morgan fingerprint density at radius 3 is 2.52 bits per heavy atom. The molecule has 0 aromatic heterocycles. The van der Waals surface area contributed by atoms with Crippen molar-refractivity contribution in [1.29, 1.82) is 0 Å². The molecule has 1 N–H and O–H groups in total. The number of nitrogens with one attached hydrogen (secondary N) is 1. The smallest absolute Gasteiger partial charge is 0.0351 e. The molecule has 2 rings (SSSR count). The zero-order valence-electron chi connectivity index (χ0n) is 14.0. The van der Waals surface area contributed by atoms with E-state index < -0.39 is 0 Å². The van der Waals surface area contributed by atoms with Crippen molar-refractivity contribution in [3.63, 3.8) is 0 Å². The van der Waals surface area contributed by atoms with Crippen LogP contribution in [-0.2, 0) is 0 Å². The van der Waals surface area contributed by atoms with Gasteiger partial charge in [-0.3, -0.25) is 4.90 Å². The zero-order chi connectivity index (χ0) is 15.1. The predicted molar refractivity (Wildman–Crippen MR) is 91.5 cm³/mol. The van der Waals surface area contributed by atoms with Crippen LogP contribution >= 0.6 is 0 Å². The highest BCUT2D eigenvalue weighted by Gasteiger charge is 2.23. The fraction of sp³-hybridized carbons (Fsp3) is 0.684. The minimum Gasteiger partial charge on any atom is -0.313 e. The van der Waals surface area contributed by atoms with Gasteiger partial charge in [0.2, 0.25) is 0 Å². The summed E-state index contributed by atoms with van der Waals surface area (Å²) in [5.74, 6) is 0.726. The van der Waals surface area contributed by atoms with Crippen LogP contribution in [0.15, 0.2) is 30.3 Å². The maximum atomic E-state index is 3.70. The van der Waals surface area contributed by atoms with E-state index in [2.05, 4.69) is 61.3 Å². The Morgan fingerprint density at radius 2 is 1.95 bits per heavy atom. The second-order valence-corrected chi connectivity index (χ2v) is 6.79. The van der Waals surface area contributed by atoms with Crippen molar-refractivity contribution in [1.82, 2.24) is 10.2 Å².